The molecule has 0 saturated carbocycles. The highest BCUT2D eigenvalue weighted by molar-refractivity contribution is 6.30. The number of amides is 1. The summed E-state index contributed by atoms with van der Waals surface area (Å²) in [4.78, 5) is 12.2. The highest BCUT2D eigenvalue weighted by Crippen LogP contribution is 2.18. The summed E-state index contributed by atoms with van der Waals surface area (Å²) < 4.78 is 11.4. The second kappa shape index (κ2) is 10.7. The third-order valence-electron chi connectivity index (χ3n) is 4.04. The van der Waals surface area contributed by atoms with Crippen molar-refractivity contribution in [3.05, 3.63) is 94.0 Å². The number of halogens is 2. The first-order chi connectivity index (χ1) is 14.5. The van der Waals surface area contributed by atoms with E-state index in [0.29, 0.717) is 28.2 Å². The molecule has 0 aliphatic heterocycles. The van der Waals surface area contributed by atoms with Crippen LogP contribution in [0, 0.1) is 0 Å². The molecule has 0 spiro atoms. The van der Waals surface area contributed by atoms with Gasteiger partial charge in [-0.1, -0.05) is 53.5 Å². The predicted octanol–water partition coefficient (Wildman–Crippen LogP) is 5.49. The van der Waals surface area contributed by atoms with E-state index in [1.165, 1.54) is 0 Å². The Morgan fingerprint density at radius 2 is 1.73 bits per heavy atom. The minimum atomic E-state index is -0.727. The van der Waals surface area contributed by atoms with E-state index in [-0.39, 0.29) is 5.91 Å². The summed E-state index contributed by atoms with van der Waals surface area (Å²) in [6.45, 7) is 2.06. The number of nitrogens with zero attached hydrogens (tertiary/aromatic N) is 1. The minimum absolute atomic E-state index is 0.374. The first-order valence-corrected chi connectivity index (χ1v) is 9.97. The number of hydrogen-bond acceptors (Lipinski definition) is 4. The molecule has 0 saturated heterocycles. The van der Waals surface area contributed by atoms with Crippen molar-refractivity contribution >= 4 is 35.3 Å². The van der Waals surface area contributed by atoms with Gasteiger partial charge < -0.3 is 9.47 Å². The normalized spacial score (nSPS) is 11.8. The maximum absolute atomic E-state index is 12.2. The van der Waals surface area contributed by atoms with E-state index in [1.807, 2.05) is 48.5 Å². The molecule has 5 nitrogen and oxygen atoms in total. The average Bonchev–Trinajstić information content (AvgIpc) is 2.73. The lowest BCUT2D eigenvalue weighted by Gasteiger charge is -2.13. The van der Waals surface area contributed by atoms with E-state index in [1.54, 1.807) is 37.4 Å². The maximum Gasteiger partial charge on any atom is 0.280 e. The zero-order valence-corrected chi connectivity index (χ0v) is 17.7. The zero-order chi connectivity index (χ0) is 21.3. The molecule has 0 bridgehead atoms. The second-order valence-corrected chi connectivity index (χ2v) is 7.31. The van der Waals surface area contributed by atoms with Crippen LogP contribution in [0.5, 0.6) is 11.5 Å². The molecule has 154 valence electrons. The van der Waals surface area contributed by atoms with Crippen LogP contribution in [0.2, 0.25) is 10.0 Å². The van der Waals surface area contributed by atoms with Crippen LogP contribution in [0.3, 0.4) is 0 Å². The molecule has 1 N–H and O–H groups in total. The lowest BCUT2D eigenvalue weighted by atomic mass is 10.2. The Hall–Kier alpha value is -3.02. The Kier molecular flexibility index (Phi) is 7.71. The Balaban J connectivity index is 1.51. The van der Waals surface area contributed by atoms with E-state index >= 15 is 0 Å². The van der Waals surface area contributed by atoms with E-state index < -0.39 is 6.10 Å². The summed E-state index contributed by atoms with van der Waals surface area (Å²) in [5.41, 5.74) is 4.27. The summed E-state index contributed by atoms with van der Waals surface area (Å²) in [5.74, 6) is 0.832. The number of nitrogens with one attached hydrogen (secondary N) is 1. The number of carbonyl (C=O) groups is 1. The Morgan fingerprint density at radius 1 is 1.00 bits per heavy atom. The summed E-state index contributed by atoms with van der Waals surface area (Å²) in [6, 6.07) is 21.7. The fourth-order valence-electron chi connectivity index (χ4n) is 2.49. The SMILES string of the molecule is CC(Oc1cccc(Cl)c1)C(=O)NN=Cc1cccc(OCc2ccc(Cl)cc2)c1. The van der Waals surface area contributed by atoms with Crippen LogP contribution >= 0.6 is 23.2 Å². The maximum atomic E-state index is 12.2. The molecule has 1 amide bonds. The molecule has 0 fully saturated rings. The third kappa shape index (κ3) is 6.79. The molecule has 3 aromatic rings. The van der Waals surface area contributed by atoms with Crippen molar-refractivity contribution < 1.29 is 14.3 Å². The van der Waals surface area contributed by atoms with Crippen molar-refractivity contribution in [3.8, 4) is 11.5 Å². The van der Waals surface area contributed by atoms with Gasteiger partial charge >= 0.3 is 0 Å². The largest absolute Gasteiger partial charge is 0.489 e. The minimum Gasteiger partial charge on any atom is -0.489 e. The smallest absolute Gasteiger partial charge is 0.280 e. The van der Waals surface area contributed by atoms with Gasteiger partial charge in [-0.3, -0.25) is 4.79 Å². The van der Waals surface area contributed by atoms with E-state index in [2.05, 4.69) is 10.5 Å². The molecule has 7 heteroatoms. The van der Waals surface area contributed by atoms with Crippen molar-refractivity contribution in [1.82, 2.24) is 5.43 Å². The topological polar surface area (TPSA) is 59.9 Å². The van der Waals surface area contributed by atoms with E-state index in [9.17, 15) is 4.79 Å². The first kappa shape index (κ1) is 21.7. The van der Waals surface area contributed by atoms with Crippen LogP contribution in [-0.2, 0) is 11.4 Å². The molecular formula is C23H20Cl2N2O3. The van der Waals surface area contributed by atoms with E-state index in [0.717, 1.165) is 11.1 Å². The van der Waals surface area contributed by atoms with Crippen molar-refractivity contribution in [2.75, 3.05) is 0 Å². The number of carbonyl (C=O) groups excluding carboxylic acids is 1. The van der Waals surface area contributed by atoms with Gasteiger partial charge in [-0.2, -0.15) is 5.10 Å². The lowest BCUT2D eigenvalue weighted by molar-refractivity contribution is -0.127. The number of rotatable bonds is 8. The van der Waals surface area contributed by atoms with Crippen LogP contribution in [0.4, 0.5) is 0 Å². The molecule has 0 heterocycles. The van der Waals surface area contributed by atoms with Crippen molar-refractivity contribution in [2.24, 2.45) is 5.10 Å². The van der Waals surface area contributed by atoms with Crippen LogP contribution < -0.4 is 14.9 Å². The monoisotopic (exact) mass is 442 g/mol. The van der Waals surface area contributed by atoms with Crippen LogP contribution in [-0.4, -0.2) is 18.2 Å². The summed E-state index contributed by atoms with van der Waals surface area (Å²) >= 11 is 11.8. The van der Waals surface area contributed by atoms with Gasteiger partial charge in [-0.15, -0.1) is 0 Å². The number of ether oxygens (including phenoxy) is 2. The molecule has 0 aliphatic rings. The van der Waals surface area contributed by atoms with Crippen molar-refractivity contribution in [3.63, 3.8) is 0 Å². The number of hydrazone groups is 1. The average molecular weight is 443 g/mol. The third-order valence-corrected chi connectivity index (χ3v) is 4.53. The van der Waals surface area contributed by atoms with Crippen molar-refractivity contribution in [2.45, 2.75) is 19.6 Å². The van der Waals surface area contributed by atoms with Gasteiger partial charge in [0.2, 0.25) is 0 Å². The summed E-state index contributed by atoms with van der Waals surface area (Å²) in [6.07, 6.45) is 0.814. The van der Waals surface area contributed by atoms with Crippen LogP contribution in [0.15, 0.2) is 77.9 Å². The highest BCUT2D eigenvalue weighted by Gasteiger charge is 2.13. The molecule has 0 aliphatic carbocycles. The summed E-state index contributed by atoms with van der Waals surface area (Å²) in [7, 11) is 0. The highest BCUT2D eigenvalue weighted by atomic mass is 35.5. The van der Waals surface area contributed by atoms with Crippen LogP contribution in [0.25, 0.3) is 0 Å². The van der Waals surface area contributed by atoms with Gasteiger partial charge in [0.15, 0.2) is 6.10 Å². The first-order valence-electron chi connectivity index (χ1n) is 9.22. The summed E-state index contributed by atoms with van der Waals surface area (Å²) in [5, 5.41) is 5.21. The zero-order valence-electron chi connectivity index (χ0n) is 16.2. The molecule has 30 heavy (non-hydrogen) atoms. The molecule has 3 rings (SSSR count). The second-order valence-electron chi connectivity index (χ2n) is 6.44. The number of hydrogen-bond donors (Lipinski definition) is 1. The quantitative estimate of drug-likeness (QED) is 0.370. The Labute approximate surface area is 185 Å². The molecule has 1 unspecified atom stereocenters. The van der Waals surface area contributed by atoms with Gasteiger partial charge in [-0.05, 0) is 60.5 Å². The van der Waals surface area contributed by atoms with Gasteiger partial charge in [0.05, 0.1) is 6.21 Å². The molecule has 0 aromatic heterocycles. The Bertz CT molecular complexity index is 1020. The van der Waals surface area contributed by atoms with Gasteiger partial charge in [0, 0.05) is 10.0 Å². The molecular weight excluding hydrogens is 423 g/mol. The predicted molar refractivity (Wildman–Crippen MR) is 120 cm³/mol. The standard InChI is InChI=1S/C23H20Cl2N2O3/c1-16(30-22-7-3-5-20(25)13-22)23(28)27-26-14-18-4-2-6-21(12-18)29-15-17-8-10-19(24)11-9-17/h2-14,16H,15H2,1H3,(H,27,28). The fraction of sp³-hybridized carbons (Fsp3) is 0.130. The van der Waals surface area contributed by atoms with Crippen LogP contribution in [0.1, 0.15) is 18.1 Å². The fourth-order valence-corrected chi connectivity index (χ4v) is 2.80. The Morgan fingerprint density at radius 3 is 2.50 bits per heavy atom. The lowest BCUT2D eigenvalue weighted by Crippen LogP contribution is -2.33. The van der Waals surface area contributed by atoms with Gasteiger partial charge in [0.1, 0.15) is 18.1 Å². The van der Waals surface area contributed by atoms with Crippen molar-refractivity contribution in [1.29, 1.82) is 0 Å². The molecule has 1 atom stereocenters. The van der Waals surface area contributed by atoms with Gasteiger partial charge in [-0.25, -0.2) is 5.43 Å². The van der Waals surface area contributed by atoms with E-state index in [4.69, 9.17) is 32.7 Å². The molecule has 0 radical (unpaired) electrons. The molecule has 3 aromatic carbocycles. The number of benzene rings is 3. The van der Waals surface area contributed by atoms with Gasteiger partial charge in [0.25, 0.3) is 5.91 Å².